The lowest BCUT2D eigenvalue weighted by Crippen LogP contribution is -2.41. The lowest BCUT2D eigenvalue weighted by molar-refractivity contribution is -0.152. The van der Waals surface area contributed by atoms with Gasteiger partial charge in [0.15, 0.2) is 19.5 Å². The van der Waals surface area contributed by atoms with Gasteiger partial charge in [0.2, 0.25) is 0 Å². The first-order valence-electron chi connectivity index (χ1n) is 7.03. The van der Waals surface area contributed by atoms with Gasteiger partial charge in [0.25, 0.3) is 0 Å². The van der Waals surface area contributed by atoms with Crippen molar-refractivity contribution in [2.24, 2.45) is 5.41 Å². The van der Waals surface area contributed by atoms with E-state index in [9.17, 15) is 9.59 Å². The van der Waals surface area contributed by atoms with E-state index in [0.717, 1.165) is 5.57 Å². The van der Waals surface area contributed by atoms with Crippen molar-refractivity contribution in [3.05, 3.63) is 11.6 Å². The van der Waals surface area contributed by atoms with E-state index in [2.05, 4.69) is 33.9 Å². The average Bonchev–Trinajstić information content (AvgIpc) is 3.01. The third-order valence-electron chi connectivity index (χ3n) is 4.36. The maximum atomic E-state index is 12.0. The Labute approximate surface area is 122 Å². The van der Waals surface area contributed by atoms with Crippen molar-refractivity contribution < 1.29 is 18.8 Å². The van der Waals surface area contributed by atoms with Crippen LogP contribution in [0.5, 0.6) is 0 Å². The summed E-state index contributed by atoms with van der Waals surface area (Å²) in [5, 5.41) is 0.102. The lowest BCUT2D eigenvalue weighted by atomic mass is 9.96. The van der Waals surface area contributed by atoms with Crippen LogP contribution >= 0.6 is 0 Å². The molecule has 20 heavy (non-hydrogen) atoms. The smallest absolute Gasteiger partial charge is 0.327 e. The van der Waals surface area contributed by atoms with Gasteiger partial charge in [-0.2, -0.15) is 0 Å². The van der Waals surface area contributed by atoms with Crippen LogP contribution in [0.1, 0.15) is 34.6 Å². The molecule has 0 aromatic rings. The fraction of sp³-hybridized carbons (Fsp3) is 0.733. The molecule has 4 nitrogen and oxygen atoms in total. The Morgan fingerprint density at radius 2 is 1.85 bits per heavy atom. The third kappa shape index (κ3) is 3.04. The molecule has 1 atom stereocenters. The van der Waals surface area contributed by atoms with Gasteiger partial charge in [-0.25, -0.2) is 0 Å². The second-order valence-electron chi connectivity index (χ2n) is 6.80. The lowest BCUT2D eigenvalue weighted by Gasteiger charge is -2.36. The maximum absolute atomic E-state index is 12.0. The second-order valence-corrected chi connectivity index (χ2v) is 11.6. The number of ether oxygens (including phenoxy) is 1. The standard InChI is InChI=1S/C15H26O4Si/c1-8-18-13(17)15(11(2)16)9-12(15)10-19-20(6,7)14(3,4)5/h9H,8,10H2,1-7H3. The summed E-state index contributed by atoms with van der Waals surface area (Å²) in [5.74, 6) is -0.661. The molecule has 0 aliphatic heterocycles. The largest absolute Gasteiger partial charge is 0.465 e. The van der Waals surface area contributed by atoms with Gasteiger partial charge in [-0.1, -0.05) is 26.8 Å². The molecule has 0 aromatic heterocycles. The van der Waals surface area contributed by atoms with Crippen LogP contribution in [0.2, 0.25) is 18.1 Å². The van der Waals surface area contributed by atoms with Crippen molar-refractivity contribution >= 4 is 20.1 Å². The Bertz CT molecular complexity index is 445. The predicted octanol–water partition coefficient (Wildman–Crippen LogP) is 3.09. The molecular formula is C15H26O4Si. The molecule has 1 unspecified atom stereocenters. The molecule has 0 amide bonds. The Morgan fingerprint density at radius 3 is 2.25 bits per heavy atom. The van der Waals surface area contributed by atoms with Gasteiger partial charge in [0.05, 0.1) is 13.2 Å². The van der Waals surface area contributed by atoms with E-state index >= 15 is 0 Å². The van der Waals surface area contributed by atoms with Gasteiger partial charge in [0.1, 0.15) is 0 Å². The zero-order valence-electron chi connectivity index (χ0n) is 13.6. The Morgan fingerprint density at radius 1 is 1.30 bits per heavy atom. The van der Waals surface area contributed by atoms with Crippen LogP contribution in [0, 0.1) is 5.41 Å². The molecule has 1 rings (SSSR count). The van der Waals surface area contributed by atoms with E-state index in [1.807, 2.05) is 0 Å². The first-order chi connectivity index (χ1) is 8.99. The number of hydrogen-bond acceptors (Lipinski definition) is 4. The molecule has 1 aliphatic carbocycles. The average molecular weight is 298 g/mol. The minimum Gasteiger partial charge on any atom is -0.465 e. The highest BCUT2D eigenvalue weighted by molar-refractivity contribution is 6.74. The summed E-state index contributed by atoms with van der Waals surface area (Å²) in [4.78, 5) is 23.7. The third-order valence-corrected chi connectivity index (χ3v) is 8.84. The van der Waals surface area contributed by atoms with Gasteiger partial charge in [-0.05, 0) is 37.6 Å². The summed E-state index contributed by atoms with van der Waals surface area (Å²) in [6.07, 6.45) is 1.68. The highest BCUT2D eigenvalue weighted by Gasteiger charge is 2.57. The Balaban J connectivity index is 2.71. The van der Waals surface area contributed by atoms with Gasteiger partial charge in [-0.3, -0.25) is 9.59 Å². The highest BCUT2D eigenvalue weighted by Crippen LogP contribution is 2.47. The molecule has 0 aromatic carbocycles. The maximum Gasteiger partial charge on any atom is 0.327 e. The van der Waals surface area contributed by atoms with Gasteiger partial charge in [0, 0.05) is 0 Å². The molecule has 0 saturated heterocycles. The van der Waals surface area contributed by atoms with Crippen molar-refractivity contribution in [2.45, 2.75) is 52.8 Å². The molecule has 1 aliphatic rings. The molecule has 5 heteroatoms. The minimum atomic E-state index is -1.88. The molecule has 0 saturated carbocycles. The van der Waals surface area contributed by atoms with Crippen LogP contribution < -0.4 is 0 Å². The molecule has 0 N–H and O–H groups in total. The van der Waals surface area contributed by atoms with E-state index in [4.69, 9.17) is 9.16 Å². The highest BCUT2D eigenvalue weighted by atomic mass is 28.4. The van der Waals surface area contributed by atoms with E-state index in [1.54, 1.807) is 13.0 Å². The molecule has 0 heterocycles. The first-order valence-corrected chi connectivity index (χ1v) is 9.94. The Kier molecular flexibility index (Phi) is 4.66. The van der Waals surface area contributed by atoms with Gasteiger partial charge in [-0.15, -0.1) is 0 Å². The quantitative estimate of drug-likeness (QED) is 0.327. The van der Waals surface area contributed by atoms with Crippen molar-refractivity contribution in [2.75, 3.05) is 13.2 Å². The van der Waals surface area contributed by atoms with Crippen LogP contribution in [0.4, 0.5) is 0 Å². The van der Waals surface area contributed by atoms with E-state index in [1.165, 1.54) is 6.92 Å². The first kappa shape index (κ1) is 17.1. The summed E-state index contributed by atoms with van der Waals surface area (Å²) in [7, 11) is -1.88. The topological polar surface area (TPSA) is 52.6 Å². The number of rotatable bonds is 6. The summed E-state index contributed by atoms with van der Waals surface area (Å²) in [5.41, 5.74) is -0.397. The summed E-state index contributed by atoms with van der Waals surface area (Å²) in [6, 6.07) is 0. The molecule has 0 bridgehead atoms. The fourth-order valence-electron chi connectivity index (χ4n) is 1.76. The van der Waals surface area contributed by atoms with Gasteiger partial charge < -0.3 is 9.16 Å². The van der Waals surface area contributed by atoms with E-state index in [0.29, 0.717) is 6.61 Å². The number of ketones is 1. The number of Topliss-reactive ketones (excluding diaryl/α,β-unsaturated/α-hetero) is 1. The number of hydrogen-bond donors (Lipinski definition) is 0. The zero-order chi connectivity index (χ0) is 15.8. The van der Waals surface area contributed by atoms with Crippen molar-refractivity contribution in [1.82, 2.24) is 0 Å². The van der Waals surface area contributed by atoms with Crippen molar-refractivity contribution in [3.63, 3.8) is 0 Å². The molecule has 0 fully saturated rings. The monoisotopic (exact) mass is 298 g/mol. The number of esters is 1. The van der Waals surface area contributed by atoms with Crippen LogP contribution in [0.3, 0.4) is 0 Å². The molecule has 114 valence electrons. The Hall–Kier alpha value is -0.943. The summed E-state index contributed by atoms with van der Waals surface area (Å²) >= 11 is 0. The summed E-state index contributed by atoms with van der Waals surface area (Å²) in [6.45, 7) is 14.5. The van der Waals surface area contributed by atoms with Crippen LogP contribution in [-0.4, -0.2) is 33.3 Å². The normalized spacial score (nSPS) is 22.2. The number of carbonyl (C=O) groups excluding carboxylic acids is 2. The van der Waals surface area contributed by atoms with Crippen LogP contribution in [0.15, 0.2) is 11.6 Å². The van der Waals surface area contributed by atoms with E-state index in [-0.39, 0.29) is 17.4 Å². The predicted molar refractivity (Wildman–Crippen MR) is 81.0 cm³/mol. The van der Waals surface area contributed by atoms with Gasteiger partial charge >= 0.3 is 5.97 Å². The zero-order valence-corrected chi connectivity index (χ0v) is 14.6. The van der Waals surface area contributed by atoms with Crippen molar-refractivity contribution in [1.29, 1.82) is 0 Å². The number of carbonyl (C=O) groups is 2. The van der Waals surface area contributed by atoms with E-state index < -0.39 is 19.7 Å². The van der Waals surface area contributed by atoms with Crippen LogP contribution in [-0.2, 0) is 18.8 Å². The summed E-state index contributed by atoms with van der Waals surface area (Å²) < 4.78 is 11.1. The molecule has 0 spiro atoms. The minimum absolute atomic E-state index is 0.102. The molecular weight excluding hydrogens is 272 g/mol. The second kappa shape index (κ2) is 5.45. The SMILES string of the molecule is CCOC(=O)C1(C(C)=O)C=C1CO[Si](C)(C)C(C)(C)C. The molecule has 0 radical (unpaired) electrons. The van der Waals surface area contributed by atoms with Crippen LogP contribution in [0.25, 0.3) is 0 Å². The fourth-order valence-corrected chi connectivity index (χ4v) is 2.71. The van der Waals surface area contributed by atoms with Crippen molar-refractivity contribution in [3.8, 4) is 0 Å².